The van der Waals surface area contributed by atoms with Gasteiger partial charge in [0, 0.05) is 12.1 Å². The van der Waals surface area contributed by atoms with Gasteiger partial charge in [-0.05, 0) is 19.1 Å². The number of rotatable bonds is 5. The molecule has 1 unspecified atom stereocenters. The van der Waals surface area contributed by atoms with E-state index in [1.165, 1.54) is 6.26 Å². The van der Waals surface area contributed by atoms with Gasteiger partial charge in [-0.25, -0.2) is 0 Å². The van der Waals surface area contributed by atoms with Gasteiger partial charge in [-0.15, -0.1) is 0 Å². The molecule has 0 radical (unpaired) electrons. The molecule has 19 heavy (non-hydrogen) atoms. The zero-order chi connectivity index (χ0) is 13.8. The van der Waals surface area contributed by atoms with Crippen molar-refractivity contribution in [3.05, 3.63) is 30.2 Å². The number of hydrogen-bond donors (Lipinski definition) is 2. The first-order valence-electron chi connectivity index (χ1n) is 5.84. The number of hydrogen-bond acceptors (Lipinski definition) is 6. The maximum Gasteiger partial charge on any atom is 0.299 e. The van der Waals surface area contributed by atoms with Crippen molar-refractivity contribution in [3.8, 4) is 11.5 Å². The third-order valence-electron chi connectivity index (χ3n) is 2.64. The molecule has 0 bridgehead atoms. The highest BCUT2D eigenvalue weighted by Gasteiger charge is 2.10. The van der Waals surface area contributed by atoms with Crippen LogP contribution in [0.3, 0.4) is 0 Å². The molecule has 102 valence electrons. The molecule has 1 aromatic heterocycles. The molecule has 0 amide bonds. The number of methoxy groups -OCH3 is 2. The highest BCUT2D eigenvalue weighted by molar-refractivity contribution is 5.63. The Hall–Kier alpha value is -2.21. The fourth-order valence-corrected chi connectivity index (χ4v) is 1.57. The third-order valence-corrected chi connectivity index (χ3v) is 2.64. The van der Waals surface area contributed by atoms with Gasteiger partial charge >= 0.3 is 0 Å². The van der Waals surface area contributed by atoms with Crippen LogP contribution in [0.4, 0.5) is 11.7 Å². The van der Waals surface area contributed by atoms with Crippen LogP contribution >= 0.6 is 0 Å². The van der Waals surface area contributed by atoms with Gasteiger partial charge in [0.25, 0.3) is 6.01 Å². The van der Waals surface area contributed by atoms with E-state index in [4.69, 9.17) is 19.6 Å². The summed E-state index contributed by atoms with van der Waals surface area (Å²) in [5.41, 5.74) is 7.15. The van der Waals surface area contributed by atoms with Crippen LogP contribution < -0.4 is 20.5 Å². The van der Waals surface area contributed by atoms with Crippen LogP contribution in [0, 0.1) is 0 Å². The van der Waals surface area contributed by atoms with Crippen molar-refractivity contribution >= 4 is 11.7 Å². The number of anilines is 2. The number of nitrogens with one attached hydrogen (secondary N) is 1. The summed E-state index contributed by atoms with van der Waals surface area (Å²) in [5, 5.41) is 3.04. The SMILES string of the molecule is COc1ccc(Nc2nc(C(C)N)co2)c(OC)c1. The van der Waals surface area contributed by atoms with Gasteiger partial charge in [-0.3, -0.25) is 0 Å². The molecule has 1 heterocycles. The van der Waals surface area contributed by atoms with E-state index in [1.807, 2.05) is 19.1 Å². The number of aromatic nitrogens is 1. The first-order valence-corrected chi connectivity index (χ1v) is 5.84. The summed E-state index contributed by atoms with van der Waals surface area (Å²) in [5.74, 6) is 1.35. The molecule has 0 spiro atoms. The van der Waals surface area contributed by atoms with E-state index in [9.17, 15) is 0 Å². The largest absolute Gasteiger partial charge is 0.497 e. The lowest BCUT2D eigenvalue weighted by molar-refractivity contribution is 0.395. The molecule has 0 saturated carbocycles. The van der Waals surface area contributed by atoms with E-state index in [-0.39, 0.29) is 6.04 Å². The summed E-state index contributed by atoms with van der Waals surface area (Å²) in [6, 6.07) is 5.62. The lowest BCUT2D eigenvalue weighted by Crippen LogP contribution is -2.05. The van der Waals surface area contributed by atoms with Gasteiger partial charge < -0.3 is 24.9 Å². The standard InChI is InChI=1S/C13H17N3O3/c1-8(14)11-7-19-13(16-11)15-10-5-4-9(17-2)6-12(10)18-3/h4-8H,14H2,1-3H3,(H,15,16). The zero-order valence-electron chi connectivity index (χ0n) is 11.1. The molecule has 3 N–H and O–H groups in total. The van der Waals surface area contributed by atoms with Crippen molar-refractivity contribution in [2.45, 2.75) is 13.0 Å². The predicted molar refractivity (Wildman–Crippen MR) is 71.9 cm³/mol. The minimum atomic E-state index is -0.169. The van der Waals surface area contributed by atoms with Gasteiger partial charge in [0.15, 0.2) is 0 Å². The van der Waals surface area contributed by atoms with E-state index in [0.717, 1.165) is 5.69 Å². The van der Waals surface area contributed by atoms with E-state index >= 15 is 0 Å². The second kappa shape index (κ2) is 5.62. The fourth-order valence-electron chi connectivity index (χ4n) is 1.57. The molecule has 6 heteroatoms. The van der Waals surface area contributed by atoms with Crippen molar-refractivity contribution in [2.24, 2.45) is 5.73 Å². The molecule has 1 aromatic carbocycles. The molecule has 0 fully saturated rings. The Labute approximate surface area is 111 Å². The number of oxazole rings is 1. The van der Waals surface area contributed by atoms with Crippen LogP contribution in [0.25, 0.3) is 0 Å². The van der Waals surface area contributed by atoms with Crippen molar-refractivity contribution in [2.75, 3.05) is 19.5 Å². The van der Waals surface area contributed by atoms with E-state index in [1.54, 1.807) is 20.3 Å². The smallest absolute Gasteiger partial charge is 0.299 e. The molecule has 6 nitrogen and oxygen atoms in total. The average Bonchev–Trinajstić information content (AvgIpc) is 2.88. The van der Waals surface area contributed by atoms with Gasteiger partial charge in [0.05, 0.1) is 25.6 Å². The maximum atomic E-state index is 5.72. The number of nitrogens with two attached hydrogens (primary N) is 1. The molecule has 1 atom stereocenters. The first-order chi connectivity index (χ1) is 9.13. The summed E-state index contributed by atoms with van der Waals surface area (Å²) in [6.07, 6.45) is 1.53. The van der Waals surface area contributed by atoms with Crippen LogP contribution in [-0.2, 0) is 0 Å². The number of nitrogens with zero attached hydrogens (tertiary/aromatic N) is 1. The zero-order valence-corrected chi connectivity index (χ0v) is 11.1. The van der Waals surface area contributed by atoms with Crippen LogP contribution in [0.1, 0.15) is 18.7 Å². The minimum absolute atomic E-state index is 0.169. The van der Waals surface area contributed by atoms with E-state index in [0.29, 0.717) is 23.2 Å². The number of ether oxygens (including phenoxy) is 2. The fraction of sp³-hybridized carbons (Fsp3) is 0.308. The van der Waals surface area contributed by atoms with Crippen LogP contribution in [0.2, 0.25) is 0 Å². The molecule has 2 rings (SSSR count). The molecular formula is C13H17N3O3. The second-order valence-corrected chi connectivity index (χ2v) is 4.06. The molecule has 0 aliphatic carbocycles. The summed E-state index contributed by atoms with van der Waals surface area (Å²) in [4.78, 5) is 4.23. The third kappa shape index (κ3) is 2.97. The quantitative estimate of drug-likeness (QED) is 0.862. The lowest BCUT2D eigenvalue weighted by Gasteiger charge is -2.10. The van der Waals surface area contributed by atoms with Crippen molar-refractivity contribution in [1.82, 2.24) is 4.98 Å². The van der Waals surface area contributed by atoms with Crippen molar-refractivity contribution in [3.63, 3.8) is 0 Å². The minimum Gasteiger partial charge on any atom is -0.497 e. The maximum absolute atomic E-state index is 5.72. The van der Waals surface area contributed by atoms with Crippen molar-refractivity contribution in [1.29, 1.82) is 0 Å². The van der Waals surface area contributed by atoms with Gasteiger partial charge in [-0.1, -0.05) is 0 Å². The topological polar surface area (TPSA) is 82.5 Å². The Morgan fingerprint density at radius 1 is 1.32 bits per heavy atom. The summed E-state index contributed by atoms with van der Waals surface area (Å²) >= 11 is 0. The highest BCUT2D eigenvalue weighted by Crippen LogP contribution is 2.31. The van der Waals surface area contributed by atoms with Crippen LogP contribution in [-0.4, -0.2) is 19.2 Å². The Balaban J connectivity index is 2.22. The Bertz CT molecular complexity index is 552. The second-order valence-electron chi connectivity index (χ2n) is 4.06. The Morgan fingerprint density at radius 2 is 2.11 bits per heavy atom. The molecule has 0 aliphatic rings. The normalized spacial score (nSPS) is 12.0. The summed E-state index contributed by atoms with van der Waals surface area (Å²) < 4.78 is 15.7. The Kier molecular flexibility index (Phi) is 3.91. The monoisotopic (exact) mass is 263 g/mol. The molecule has 0 aliphatic heterocycles. The Morgan fingerprint density at radius 3 is 2.68 bits per heavy atom. The van der Waals surface area contributed by atoms with E-state index in [2.05, 4.69) is 10.3 Å². The van der Waals surface area contributed by atoms with Crippen LogP contribution in [0.15, 0.2) is 28.9 Å². The van der Waals surface area contributed by atoms with Gasteiger partial charge in [0.2, 0.25) is 0 Å². The van der Waals surface area contributed by atoms with Gasteiger partial charge in [0.1, 0.15) is 17.8 Å². The lowest BCUT2D eigenvalue weighted by atomic mass is 10.2. The highest BCUT2D eigenvalue weighted by atomic mass is 16.5. The average molecular weight is 263 g/mol. The first kappa shape index (κ1) is 13.2. The van der Waals surface area contributed by atoms with Crippen molar-refractivity contribution < 1.29 is 13.9 Å². The van der Waals surface area contributed by atoms with E-state index < -0.39 is 0 Å². The van der Waals surface area contributed by atoms with Crippen LogP contribution in [0.5, 0.6) is 11.5 Å². The predicted octanol–water partition coefficient (Wildman–Crippen LogP) is 2.46. The summed E-state index contributed by atoms with van der Waals surface area (Å²) in [6.45, 7) is 1.84. The summed E-state index contributed by atoms with van der Waals surface area (Å²) in [7, 11) is 3.19. The molecule has 2 aromatic rings. The number of benzene rings is 1. The molecule has 0 saturated heterocycles. The van der Waals surface area contributed by atoms with Gasteiger partial charge in [-0.2, -0.15) is 4.98 Å². The molecular weight excluding hydrogens is 246 g/mol.